The number of benzene rings is 1. The zero-order chi connectivity index (χ0) is 24.1. The van der Waals surface area contributed by atoms with Crippen LogP contribution in [0, 0.1) is 17.5 Å². The molecule has 0 bridgehead atoms. The van der Waals surface area contributed by atoms with Gasteiger partial charge in [0.1, 0.15) is 0 Å². The maximum Gasteiger partial charge on any atom is 0.275 e. The van der Waals surface area contributed by atoms with Crippen molar-refractivity contribution in [1.82, 2.24) is 24.5 Å². The van der Waals surface area contributed by atoms with Crippen molar-refractivity contribution in [2.24, 2.45) is 7.05 Å². The molecule has 1 aromatic carbocycles. The van der Waals surface area contributed by atoms with Crippen LogP contribution in [0.4, 0.5) is 13.2 Å². The van der Waals surface area contributed by atoms with E-state index in [1.165, 1.54) is 0 Å². The molecule has 2 atom stereocenters. The Hall–Kier alpha value is -3.30. The van der Waals surface area contributed by atoms with Gasteiger partial charge in [-0.3, -0.25) is 9.48 Å². The molecule has 0 fully saturated rings. The van der Waals surface area contributed by atoms with Gasteiger partial charge in [0, 0.05) is 43.2 Å². The van der Waals surface area contributed by atoms with Gasteiger partial charge < -0.3 is 9.64 Å². The Morgan fingerprint density at radius 1 is 1.12 bits per heavy atom. The highest BCUT2D eigenvalue weighted by Gasteiger charge is 2.41. The summed E-state index contributed by atoms with van der Waals surface area (Å²) in [6.45, 7) is 5.27. The summed E-state index contributed by atoms with van der Waals surface area (Å²) in [7, 11) is 1.69. The Kier molecular flexibility index (Phi) is 5.61. The summed E-state index contributed by atoms with van der Waals surface area (Å²) in [5.74, 6) is -3.60. The van der Waals surface area contributed by atoms with Gasteiger partial charge in [0.25, 0.3) is 5.91 Å². The molecule has 5 rings (SSSR count). The zero-order valence-electron chi connectivity index (χ0n) is 19.3. The van der Waals surface area contributed by atoms with E-state index in [2.05, 4.69) is 10.2 Å². The molecule has 10 heteroatoms. The molecular formula is C24H26F3N5O2. The Morgan fingerprint density at radius 2 is 1.85 bits per heavy atom. The highest BCUT2D eigenvalue weighted by Crippen LogP contribution is 2.41. The molecule has 0 N–H and O–H groups in total. The first-order valence-corrected chi connectivity index (χ1v) is 11.6. The number of hydrogen-bond acceptors (Lipinski definition) is 4. The standard InChI is InChI=1S/C24H26F3N5O2/c1-4-14-11-15-22(29-30(3)23(15)13-9-16(25)21(27)17(26)10-13)19(5-2)32(14)24(33)18-12-20-31(28-18)7-6-8-34-20/h9-10,12,14,19H,4-8,11H2,1-3H3. The quantitative estimate of drug-likeness (QED) is 0.527. The molecular weight excluding hydrogens is 447 g/mol. The fraction of sp³-hybridized carbons (Fsp3) is 0.458. The van der Waals surface area contributed by atoms with Crippen LogP contribution in [0.15, 0.2) is 18.2 Å². The molecule has 0 aliphatic carbocycles. The second-order valence-corrected chi connectivity index (χ2v) is 8.79. The Morgan fingerprint density at radius 3 is 2.50 bits per heavy atom. The van der Waals surface area contributed by atoms with Gasteiger partial charge in [0.15, 0.2) is 23.1 Å². The lowest BCUT2D eigenvalue weighted by Crippen LogP contribution is -2.47. The number of amides is 1. The zero-order valence-corrected chi connectivity index (χ0v) is 19.3. The van der Waals surface area contributed by atoms with Crippen molar-refractivity contribution in [1.29, 1.82) is 0 Å². The van der Waals surface area contributed by atoms with E-state index < -0.39 is 17.5 Å². The summed E-state index contributed by atoms with van der Waals surface area (Å²) >= 11 is 0. The highest BCUT2D eigenvalue weighted by molar-refractivity contribution is 5.93. The Balaban J connectivity index is 1.58. The maximum absolute atomic E-state index is 14.0. The van der Waals surface area contributed by atoms with Crippen molar-refractivity contribution in [3.8, 4) is 17.1 Å². The van der Waals surface area contributed by atoms with E-state index in [4.69, 9.17) is 4.74 Å². The molecule has 2 unspecified atom stereocenters. The third-order valence-electron chi connectivity index (χ3n) is 6.74. The second-order valence-electron chi connectivity index (χ2n) is 8.79. The highest BCUT2D eigenvalue weighted by atomic mass is 19.2. The number of aryl methyl sites for hydroxylation is 2. The van der Waals surface area contributed by atoms with Crippen LogP contribution in [0.5, 0.6) is 5.88 Å². The maximum atomic E-state index is 14.0. The minimum Gasteiger partial charge on any atom is -0.478 e. The predicted molar refractivity (Wildman–Crippen MR) is 118 cm³/mol. The lowest BCUT2D eigenvalue weighted by atomic mass is 9.87. The lowest BCUT2D eigenvalue weighted by molar-refractivity contribution is 0.0505. The van der Waals surface area contributed by atoms with Crippen LogP contribution in [0.3, 0.4) is 0 Å². The van der Waals surface area contributed by atoms with Gasteiger partial charge in [-0.15, -0.1) is 0 Å². The SMILES string of the molecule is CCC1Cc2c(nn(C)c2-c2cc(F)c(F)c(F)c2)C(CC)N1C(=O)c1cc2n(n1)CCCO2. The van der Waals surface area contributed by atoms with Crippen molar-refractivity contribution in [3.63, 3.8) is 0 Å². The summed E-state index contributed by atoms with van der Waals surface area (Å²) in [4.78, 5) is 15.5. The van der Waals surface area contributed by atoms with Crippen LogP contribution >= 0.6 is 0 Å². The third kappa shape index (κ3) is 3.47. The van der Waals surface area contributed by atoms with E-state index in [1.54, 1.807) is 22.5 Å². The van der Waals surface area contributed by atoms with Crippen LogP contribution in [0.2, 0.25) is 0 Å². The molecule has 7 nitrogen and oxygen atoms in total. The van der Waals surface area contributed by atoms with Crippen LogP contribution < -0.4 is 4.74 Å². The summed E-state index contributed by atoms with van der Waals surface area (Å²) in [6, 6.07) is 3.17. The Bertz CT molecular complexity index is 1220. The molecule has 3 aromatic rings. The topological polar surface area (TPSA) is 65.2 Å². The molecule has 180 valence electrons. The molecule has 1 amide bonds. The van der Waals surface area contributed by atoms with Gasteiger partial charge in [0.2, 0.25) is 5.88 Å². The summed E-state index contributed by atoms with van der Waals surface area (Å²) in [5, 5.41) is 9.13. The molecule has 2 aliphatic heterocycles. The molecule has 0 saturated heterocycles. The molecule has 0 radical (unpaired) electrons. The number of halogens is 3. The minimum absolute atomic E-state index is 0.164. The molecule has 0 saturated carbocycles. The van der Waals surface area contributed by atoms with E-state index in [0.29, 0.717) is 55.4 Å². The van der Waals surface area contributed by atoms with Crippen molar-refractivity contribution in [2.75, 3.05) is 6.61 Å². The van der Waals surface area contributed by atoms with Gasteiger partial charge >= 0.3 is 0 Å². The molecule has 34 heavy (non-hydrogen) atoms. The van der Waals surface area contributed by atoms with Crippen LogP contribution in [-0.4, -0.2) is 43.0 Å². The van der Waals surface area contributed by atoms with Gasteiger partial charge in [-0.1, -0.05) is 13.8 Å². The lowest BCUT2D eigenvalue weighted by Gasteiger charge is -2.40. The molecule has 2 aliphatic rings. The van der Waals surface area contributed by atoms with E-state index in [0.717, 1.165) is 24.1 Å². The second kappa shape index (κ2) is 8.48. The largest absolute Gasteiger partial charge is 0.478 e. The number of carbonyl (C=O) groups excluding carboxylic acids is 1. The fourth-order valence-corrected chi connectivity index (χ4v) is 5.17. The predicted octanol–water partition coefficient (Wildman–Crippen LogP) is 4.41. The van der Waals surface area contributed by atoms with E-state index >= 15 is 0 Å². The average Bonchev–Trinajstić information content (AvgIpc) is 3.40. The van der Waals surface area contributed by atoms with Crippen LogP contribution in [0.1, 0.15) is 60.9 Å². The number of nitrogens with zero attached hydrogens (tertiary/aromatic N) is 5. The molecule has 0 spiro atoms. The molecule has 2 aromatic heterocycles. The smallest absolute Gasteiger partial charge is 0.275 e. The Labute approximate surface area is 195 Å². The average molecular weight is 473 g/mol. The third-order valence-corrected chi connectivity index (χ3v) is 6.74. The number of carbonyl (C=O) groups is 1. The van der Waals surface area contributed by atoms with Crippen molar-refractivity contribution < 1.29 is 22.7 Å². The normalized spacial score (nSPS) is 19.5. The molecule has 4 heterocycles. The monoisotopic (exact) mass is 473 g/mol. The number of hydrogen-bond donors (Lipinski definition) is 0. The first-order valence-electron chi connectivity index (χ1n) is 11.6. The summed E-state index contributed by atoms with van der Waals surface area (Å²) < 4.78 is 50.5. The first-order chi connectivity index (χ1) is 16.3. The number of aromatic nitrogens is 4. The van der Waals surface area contributed by atoms with Gasteiger partial charge in [0.05, 0.1) is 24.0 Å². The van der Waals surface area contributed by atoms with E-state index in [9.17, 15) is 18.0 Å². The van der Waals surface area contributed by atoms with E-state index in [1.807, 2.05) is 18.7 Å². The summed E-state index contributed by atoms with van der Waals surface area (Å²) in [6.07, 6.45) is 2.57. The van der Waals surface area contributed by atoms with Gasteiger partial charge in [-0.05, 0) is 31.4 Å². The first kappa shape index (κ1) is 22.5. The van der Waals surface area contributed by atoms with Crippen molar-refractivity contribution in [3.05, 3.63) is 52.6 Å². The van der Waals surface area contributed by atoms with Gasteiger partial charge in [-0.2, -0.15) is 10.2 Å². The minimum atomic E-state index is -1.50. The number of ether oxygens (including phenoxy) is 1. The number of fused-ring (bicyclic) bond motifs is 2. The van der Waals surface area contributed by atoms with Crippen molar-refractivity contribution >= 4 is 5.91 Å². The fourth-order valence-electron chi connectivity index (χ4n) is 5.17. The summed E-state index contributed by atoms with van der Waals surface area (Å²) in [5.41, 5.74) is 2.58. The number of rotatable bonds is 4. The van der Waals surface area contributed by atoms with Crippen molar-refractivity contribution in [2.45, 2.75) is 58.2 Å². The van der Waals surface area contributed by atoms with Crippen LogP contribution in [0.25, 0.3) is 11.3 Å². The van der Waals surface area contributed by atoms with Gasteiger partial charge in [-0.25, -0.2) is 17.9 Å². The van der Waals surface area contributed by atoms with Crippen LogP contribution in [-0.2, 0) is 20.0 Å². The van der Waals surface area contributed by atoms with E-state index in [-0.39, 0.29) is 23.6 Å².